The minimum absolute atomic E-state index is 0.0222. The van der Waals surface area contributed by atoms with Crippen LogP contribution in [0.2, 0.25) is 0 Å². The van der Waals surface area contributed by atoms with Crippen molar-refractivity contribution in [1.29, 1.82) is 0 Å². The Morgan fingerprint density at radius 1 is 1.07 bits per heavy atom. The van der Waals surface area contributed by atoms with Crippen LogP contribution < -0.4 is 16.1 Å². The minimum Gasteiger partial charge on any atom is -0.453 e. The van der Waals surface area contributed by atoms with Gasteiger partial charge in [-0.15, -0.1) is 0 Å². The van der Waals surface area contributed by atoms with Crippen molar-refractivity contribution in [3.05, 3.63) is 54.4 Å². The van der Waals surface area contributed by atoms with Crippen molar-refractivity contribution >= 4 is 18.1 Å². The fourth-order valence-corrected chi connectivity index (χ4v) is 6.31. The lowest BCUT2D eigenvalue weighted by molar-refractivity contribution is -0.169. The monoisotopic (exact) mass is 625 g/mol. The number of ether oxygens (including phenoxy) is 4. The number of aliphatic hydroxyl groups is 1. The van der Waals surface area contributed by atoms with E-state index in [1.54, 1.807) is 17.4 Å². The molecule has 2 aliphatic heterocycles. The van der Waals surface area contributed by atoms with Gasteiger partial charge >= 0.3 is 12.2 Å². The van der Waals surface area contributed by atoms with Crippen molar-refractivity contribution < 1.29 is 38.4 Å². The number of carbonyl (C=O) groups is 3. The van der Waals surface area contributed by atoms with Gasteiger partial charge < -0.3 is 34.7 Å². The second kappa shape index (κ2) is 14.1. The maximum absolute atomic E-state index is 13.5. The van der Waals surface area contributed by atoms with Gasteiger partial charge in [0.05, 0.1) is 26.4 Å². The smallest absolute Gasteiger partial charge is 0.407 e. The second-order valence-electron chi connectivity index (χ2n) is 13.0. The Morgan fingerprint density at radius 3 is 2.51 bits per heavy atom. The van der Waals surface area contributed by atoms with Crippen molar-refractivity contribution in [2.75, 3.05) is 33.4 Å². The Kier molecular flexibility index (Phi) is 10.2. The highest BCUT2D eigenvalue weighted by Gasteiger charge is 2.56. The van der Waals surface area contributed by atoms with E-state index < -0.39 is 35.7 Å². The SMILES string of the molecule is COC(=O)N[C@H](C(=O)NN(Cc1ccc(-c2cccnc2)cc1)C[C@H](O)CNC(=O)OC1C2COC3OCC1C3C2)C(C)(C)C. The third kappa shape index (κ3) is 8.09. The van der Waals surface area contributed by atoms with Gasteiger partial charge in [-0.25, -0.2) is 14.6 Å². The number of nitrogens with zero attached hydrogens (tertiary/aromatic N) is 2. The molecule has 0 spiro atoms. The van der Waals surface area contributed by atoms with Crippen LogP contribution in [0.3, 0.4) is 0 Å². The highest BCUT2D eigenvalue weighted by molar-refractivity contribution is 5.86. The van der Waals surface area contributed by atoms with Crippen LogP contribution in [0, 0.1) is 23.2 Å². The summed E-state index contributed by atoms with van der Waals surface area (Å²) in [7, 11) is 1.23. The van der Waals surface area contributed by atoms with Gasteiger partial charge in [0, 0.05) is 49.8 Å². The lowest BCUT2D eigenvalue weighted by atomic mass is 9.86. The van der Waals surface area contributed by atoms with E-state index in [4.69, 9.17) is 18.9 Å². The third-order valence-electron chi connectivity index (χ3n) is 8.61. The van der Waals surface area contributed by atoms with Gasteiger partial charge in [-0.2, -0.15) is 0 Å². The van der Waals surface area contributed by atoms with E-state index in [1.807, 2.05) is 57.2 Å². The molecule has 45 heavy (non-hydrogen) atoms. The predicted molar refractivity (Wildman–Crippen MR) is 162 cm³/mol. The highest BCUT2D eigenvalue weighted by atomic mass is 16.7. The van der Waals surface area contributed by atoms with Crippen LogP contribution in [-0.2, 0) is 30.3 Å². The first kappa shape index (κ1) is 32.6. The van der Waals surface area contributed by atoms with Gasteiger partial charge in [0.25, 0.3) is 5.91 Å². The molecule has 4 N–H and O–H groups in total. The van der Waals surface area contributed by atoms with Crippen LogP contribution in [0.15, 0.2) is 48.8 Å². The number of alkyl carbamates (subject to hydrolysis) is 2. The zero-order valence-electron chi connectivity index (χ0n) is 26.1. The maximum Gasteiger partial charge on any atom is 0.407 e. The number of pyridine rings is 1. The van der Waals surface area contributed by atoms with Crippen molar-refractivity contribution in [2.45, 2.75) is 58.3 Å². The first-order valence-electron chi connectivity index (χ1n) is 15.3. The number of aromatic nitrogens is 1. The summed E-state index contributed by atoms with van der Waals surface area (Å²) in [6.45, 7) is 6.58. The first-order chi connectivity index (χ1) is 21.5. The summed E-state index contributed by atoms with van der Waals surface area (Å²) in [6.07, 6.45) is 1.50. The largest absolute Gasteiger partial charge is 0.453 e. The number of carbonyl (C=O) groups excluding carboxylic acids is 3. The second-order valence-corrected chi connectivity index (χ2v) is 13.0. The van der Waals surface area contributed by atoms with Gasteiger partial charge in [-0.05, 0) is 34.6 Å². The predicted octanol–water partition coefficient (Wildman–Crippen LogP) is 2.45. The summed E-state index contributed by atoms with van der Waals surface area (Å²) < 4.78 is 21.9. The zero-order chi connectivity index (χ0) is 32.1. The lowest BCUT2D eigenvalue weighted by Crippen LogP contribution is -2.58. The summed E-state index contributed by atoms with van der Waals surface area (Å²) in [4.78, 5) is 42.4. The van der Waals surface area contributed by atoms with Crippen molar-refractivity contribution in [3.8, 4) is 11.1 Å². The van der Waals surface area contributed by atoms with Crippen LogP contribution in [0.1, 0.15) is 32.8 Å². The number of amides is 3. The number of hydrogen-bond donors (Lipinski definition) is 4. The van der Waals surface area contributed by atoms with Crippen molar-refractivity contribution in [3.63, 3.8) is 0 Å². The standard InChI is InChI=1S/C32H43N5O8/c1-32(2,3)27(35-31(41)42-4)28(39)36-37(15-19-7-9-20(10-8-19)21-6-5-11-33-13-21)16-23(38)14-34-30(40)45-26-22-12-24-25(26)18-44-29(24)43-17-22/h5-11,13,22-27,29,38H,12,14-18H2,1-4H3,(H,34,40)(H,35,41)(H,36,39)/t22?,23-,24?,25?,26?,27-,29?/m1/s1. The molecule has 244 valence electrons. The molecule has 13 nitrogen and oxygen atoms in total. The molecular formula is C32H43N5O8. The molecule has 2 saturated heterocycles. The van der Waals surface area contributed by atoms with Crippen LogP contribution in [0.4, 0.5) is 9.59 Å². The average Bonchev–Trinajstić information content (AvgIpc) is 3.55. The number of nitrogens with one attached hydrogen (secondary N) is 3. The summed E-state index contributed by atoms with van der Waals surface area (Å²) in [6, 6.07) is 10.7. The van der Waals surface area contributed by atoms with E-state index in [-0.39, 0.29) is 49.8 Å². The molecule has 2 aromatic rings. The summed E-state index contributed by atoms with van der Waals surface area (Å²) in [5, 5.41) is 17.8. The molecule has 1 aromatic heterocycles. The van der Waals surface area contributed by atoms with Gasteiger partial charge in [-0.3, -0.25) is 15.2 Å². The van der Waals surface area contributed by atoms with E-state index in [0.29, 0.717) is 13.2 Å². The fraction of sp³-hybridized carbons (Fsp3) is 0.562. The van der Waals surface area contributed by atoms with Crippen molar-refractivity contribution in [1.82, 2.24) is 26.1 Å². The molecule has 7 atom stereocenters. The van der Waals surface area contributed by atoms with E-state index in [9.17, 15) is 19.5 Å². The number of aliphatic hydroxyl groups excluding tert-OH is 1. The van der Waals surface area contributed by atoms with Gasteiger partial charge in [0.15, 0.2) is 6.29 Å². The van der Waals surface area contributed by atoms with Gasteiger partial charge in [-0.1, -0.05) is 51.1 Å². The van der Waals surface area contributed by atoms with Gasteiger partial charge in [0.1, 0.15) is 12.1 Å². The van der Waals surface area contributed by atoms with Crippen LogP contribution in [-0.4, -0.2) is 91.1 Å². The van der Waals surface area contributed by atoms with E-state index in [2.05, 4.69) is 21.0 Å². The van der Waals surface area contributed by atoms with Crippen molar-refractivity contribution in [2.24, 2.45) is 23.2 Å². The van der Waals surface area contributed by atoms with E-state index in [0.717, 1.165) is 23.1 Å². The minimum atomic E-state index is -1.06. The summed E-state index contributed by atoms with van der Waals surface area (Å²) >= 11 is 0. The molecule has 13 heteroatoms. The van der Waals surface area contributed by atoms with Crippen LogP contribution in [0.25, 0.3) is 11.1 Å². The maximum atomic E-state index is 13.5. The molecule has 1 aromatic carbocycles. The van der Waals surface area contributed by atoms with Gasteiger partial charge in [0.2, 0.25) is 0 Å². The third-order valence-corrected chi connectivity index (χ3v) is 8.61. The number of hydrogen-bond acceptors (Lipinski definition) is 10. The lowest BCUT2D eigenvalue weighted by Gasteiger charge is -2.33. The number of benzene rings is 1. The normalized spacial score (nSPS) is 24.9. The number of rotatable bonds is 11. The average molecular weight is 626 g/mol. The molecule has 5 rings (SSSR count). The quantitative estimate of drug-likeness (QED) is 0.273. The summed E-state index contributed by atoms with van der Waals surface area (Å²) in [5.41, 5.74) is 5.02. The Bertz CT molecular complexity index is 1320. The zero-order valence-corrected chi connectivity index (χ0v) is 26.1. The van der Waals surface area contributed by atoms with E-state index in [1.165, 1.54) is 7.11 Å². The molecule has 3 fully saturated rings. The molecule has 5 unspecified atom stereocenters. The van der Waals surface area contributed by atoms with Crippen LogP contribution >= 0.6 is 0 Å². The first-order valence-corrected chi connectivity index (χ1v) is 15.3. The number of methoxy groups -OCH3 is 1. The number of fused-ring (bicyclic) bond motifs is 1. The molecular weight excluding hydrogens is 582 g/mol. The van der Waals surface area contributed by atoms with E-state index >= 15 is 0 Å². The Hall–Kier alpha value is -3.78. The van der Waals surface area contributed by atoms with Crippen LogP contribution in [0.5, 0.6) is 0 Å². The molecule has 1 aliphatic carbocycles. The fourth-order valence-electron chi connectivity index (χ4n) is 6.31. The molecule has 3 heterocycles. The molecule has 2 bridgehead atoms. The summed E-state index contributed by atoms with van der Waals surface area (Å²) in [5.74, 6) is 0.0163. The molecule has 0 radical (unpaired) electrons. The topological polar surface area (TPSA) is 161 Å². The number of hydrazine groups is 1. The Balaban J connectivity index is 1.22. The molecule has 3 aliphatic rings. The molecule has 3 amide bonds. The molecule has 1 saturated carbocycles. The highest BCUT2D eigenvalue weighted by Crippen LogP contribution is 2.49. The Morgan fingerprint density at radius 2 is 1.82 bits per heavy atom. The Labute approximate surface area is 262 Å².